The lowest BCUT2D eigenvalue weighted by molar-refractivity contribution is -0.0227. The van der Waals surface area contributed by atoms with Crippen LogP contribution in [0.4, 0.5) is 0 Å². The van der Waals surface area contributed by atoms with Crippen molar-refractivity contribution in [2.24, 2.45) is 5.92 Å². The van der Waals surface area contributed by atoms with Crippen molar-refractivity contribution in [1.29, 1.82) is 0 Å². The third kappa shape index (κ3) is 2.38. The molecule has 2 heteroatoms. The number of aromatic hydroxyl groups is 1. The van der Waals surface area contributed by atoms with Gasteiger partial charge in [-0.1, -0.05) is 19.1 Å². The normalized spacial score (nSPS) is 29.1. The van der Waals surface area contributed by atoms with E-state index in [-0.39, 0.29) is 5.60 Å². The minimum Gasteiger partial charge on any atom is -0.508 e. The molecule has 1 aliphatic carbocycles. The van der Waals surface area contributed by atoms with Gasteiger partial charge in [-0.05, 0) is 44.4 Å². The second-order valence-corrected chi connectivity index (χ2v) is 5.67. The summed E-state index contributed by atoms with van der Waals surface area (Å²) in [4.78, 5) is 0. The molecule has 1 N–H and O–H groups in total. The average molecular weight is 220 g/mol. The second kappa shape index (κ2) is 3.77. The first kappa shape index (κ1) is 11.5. The Morgan fingerprint density at radius 1 is 1.12 bits per heavy atom. The predicted octanol–water partition coefficient (Wildman–Crippen LogP) is 3.31. The van der Waals surface area contributed by atoms with Crippen LogP contribution in [-0.4, -0.2) is 16.8 Å². The minimum absolute atomic E-state index is 0.0788. The largest absolute Gasteiger partial charge is 0.508 e. The van der Waals surface area contributed by atoms with E-state index in [4.69, 9.17) is 4.74 Å². The Morgan fingerprint density at radius 3 is 2.19 bits per heavy atom. The van der Waals surface area contributed by atoms with Gasteiger partial charge in [-0.15, -0.1) is 0 Å². The van der Waals surface area contributed by atoms with Crippen molar-refractivity contribution in [3.8, 4) is 5.75 Å². The van der Waals surface area contributed by atoms with Crippen LogP contribution in [0, 0.1) is 5.92 Å². The van der Waals surface area contributed by atoms with Gasteiger partial charge in [0.15, 0.2) is 0 Å². The van der Waals surface area contributed by atoms with E-state index < -0.39 is 0 Å². The maximum Gasteiger partial charge on any atom is 0.115 e. The molecule has 88 valence electrons. The molecule has 16 heavy (non-hydrogen) atoms. The second-order valence-electron chi connectivity index (χ2n) is 5.67. The molecule has 0 aromatic heterocycles. The molecule has 1 fully saturated rings. The summed E-state index contributed by atoms with van der Waals surface area (Å²) in [6.45, 7) is 8.48. The highest BCUT2D eigenvalue weighted by atomic mass is 16.5. The molecule has 2 nitrogen and oxygen atoms in total. The van der Waals surface area contributed by atoms with Crippen LogP contribution in [-0.2, 0) is 4.74 Å². The van der Waals surface area contributed by atoms with Gasteiger partial charge in [-0.3, -0.25) is 0 Å². The van der Waals surface area contributed by atoms with Gasteiger partial charge in [0.05, 0.1) is 11.7 Å². The van der Waals surface area contributed by atoms with Gasteiger partial charge in [0.1, 0.15) is 5.75 Å². The summed E-state index contributed by atoms with van der Waals surface area (Å²) in [6, 6.07) is 7.47. The zero-order valence-corrected chi connectivity index (χ0v) is 10.4. The molecule has 1 aromatic carbocycles. The summed E-state index contributed by atoms with van der Waals surface area (Å²) in [7, 11) is 0. The van der Waals surface area contributed by atoms with Crippen molar-refractivity contribution in [2.45, 2.75) is 45.3 Å². The maximum atomic E-state index is 9.25. The summed E-state index contributed by atoms with van der Waals surface area (Å²) in [5.41, 5.74) is 1.18. The lowest BCUT2D eigenvalue weighted by Gasteiger charge is -2.19. The van der Waals surface area contributed by atoms with Gasteiger partial charge < -0.3 is 9.84 Å². The van der Waals surface area contributed by atoms with E-state index in [1.165, 1.54) is 5.56 Å². The van der Waals surface area contributed by atoms with Gasteiger partial charge in [0.2, 0.25) is 0 Å². The van der Waals surface area contributed by atoms with Crippen molar-refractivity contribution in [3.63, 3.8) is 0 Å². The molecule has 0 unspecified atom stereocenters. The molecule has 0 saturated heterocycles. The number of benzene rings is 1. The smallest absolute Gasteiger partial charge is 0.115 e. The van der Waals surface area contributed by atoms with E-state index in [1.807, 2.05) is 12.1 Å². The van der Waals surface area contributed by atoms with Crippen LogP contribution in [0.1, 0.15) is 39.2 Å². The number of phenolic OH excluding ortho intramolecular Hbond substituents is 1. The van der Waals surface area contributed by atoms with Gasteiger partial charge in [-0.25, -0.2) is 0 Å². The fraction of sp³-hybridized carbons (Fsp3) is 0.571. The molecule has 0 radical (unpaired) electrons. The Hall–Kier alpha value is -1.02. The van der Waals surface area contributed by atoms with Crippen LogP contribution < -0.4 is 0 Å². The predicted molar refractivity (Wildman–Crippen MR) is 64.6 cm³/mol. The van der Waals surface area contributed by atoms with E-state index in [0.29, 0.717) is 23.7 Å². The van der Waals surface area contributed by atoms with Gasteiger partial charge in [-0.2, -0.15) is 0 Å². The summed E-state index contributed by atoms with van der Waals surface area (Å²) < 4.78 is 6.00. The van der Waals surface area contributed by atoms with E-state index in [0.717, 1.165) is 0 Å². The first-order valence-electron chi connectivity index (χ1n) is 5.85. The quantitative estimate of drug-likeness (QED) is 0.828. The summed E-state index contributed by atoms with van der Waals surface area (Å²) >= 11 is 0. The number of hydrogen-bond donors (Lipinski definition) is 1. The highest BCUT2D eigenvalue weighted by Gasteiger charge is 2.50. The number of phenols is 1. The Morgan fingerprint density at radius 2 is 1.69 bits per heavy atom. The number of ether oxygens (including phenoxy) is 1. The zero-order chi connectivity index (χ0) is 11.9. The highest BCUT2D eigenvalue weighted by molar-refractivity contribution is 5.33. The Kier molecular flexibility index (Phi) is 2.70. The summed E-state index contributed by atoms with van der Waals surface area (Å²) in [6.07, 6.45) is 0.324. The Balaban J connectivity index is 2.05. The van der Waals surface area contributed by atoms with E-state index in [2.05, 4.69) is 27.7 Å². The zero-order valence-electron chi connectivity index (χ0n) is 10.4. The van der Waals surface area contributed by atoms with Gasteiger partial charge in [0, 0.05) is 5.92 Å². The van der Waals surface area contributed by atoms with E-state index >= 15 is 0 Å². The van der Waals surface area contributed by atoms with E-state index in [9.17, 15) is 5.11 Å². The lowest BCUT2D eigenvalue weighted by Crippen LogP contribution is -2.21. The average Bonchev–Trinajstić information content (AvgIpc) is 2.75. The number of hydrogen-bond acceptors (Lipinski definition) is 2. The third-order valence-electron chi connectivity index (χ3n) is 3.07. The maximum absolute atomic E-state index is 9.25. The SMILES string of the molecule is C[C@@H]1[C@@H](OC(C)(C)C)[C@H]1c1ccc(O)cc1. The molecule has 0 amide bonds. The van der Waals surface area contributed by atoms with E-state index in [1.54, 1.807) is 12.1 Å². The third-order valence-corrected chi connectivity index (χ3v) is 3.07. The molecule has 1 aromatic rings. The van der Waals surface area contributed by atoms with Crippen LogP contribution in [0.15, 0.2) is 24.3 Å². The molecular formula is C14H20O2. The molecule has 0 bridgehead atoms. The first-order valence-corrected chi connectivity index (χ1v) is 5.85. The van der Waals surface area contributed by atoms with Gasteiger partial charge >= 0.3 is 0 Å². The molecule has 3 atom stereocenters. The molecule has 1 saturated carbocycles. The molecule has 1 aliphatic rings. The van der Waals surface area contributed by atoms with Crippen molar-refractivity contribution in [1.82, 2.24) is 0 Å². The molecule has 0 heterocycles. The van der Waals surface area contributed by atoms with Crippen LogP contribution in [0.2, 0.25) is 0 Å². The molecule has 0 spiro atoms. The molecular weight excluding hydrogens is 200 g/mol. The van der Waals surface area contributed by atoms with Gasteiger partial charge in [0.25, 0.3) is 0 Å². The Bertz CT molecular complexity index is 361. The van der Waals surface area contributed by atoms with Crippen LogP contribution in [0.25, 0.3) is 0 Å². The summed E-state index contributed by atoms with van der Waals surface area (Å²) in [5.74, 6) is 1.38. The van der Waals surface area contributed by atoms with Crippen LogP contribution in [0.3, 0.4) is 0 Å². The fourth-order valence-corrected chi connectivity index (χ4v) is 2.20. The van der Waals surface area contributed by atoms with Crippen LogP contribution >= 0.6 is 0 Å². The molecule has 0 aliphatic heterocycles. The molecule has 2 rings (SSSR count). The monoisotopic (exact) mass is 220 g/mol. The van der Waals surface area contributed by atoms with Crippen LogP contribution in [0.5, 0.6) is 5.75 Å². The summed E-state index contributed by atoms with van der Waals surface area (Å²) in [5, 5.41) is 9.25. The van der Waals surface area contributed by atoms with Crippen molar-refractivity contribution in [2.75, 3.05) is 0 Å². The fourth-order valence-electron chi connectivity index (χ4n) is 2.20. The Labute approximate surface area is 97.3 Å². The van der Waals surface area contributed by atoms with Crippen molar-refractivity contribution < 1.29 is 9.84 Å². The standard InChI is InChI=1S/C14H20O2/c1-9-12(13(9)16-14(2,3)4)10-5-7-11(15)8-6-10/h5-9,12-13,15H,1-4H3/t9-,12+,13+/m0/s1. The topological polar surface area (TPSA) is 29.5 Å². The van der Waals surface area contributed by atoms with Crippen molar-refractivity contribution in [3.05, 3.63) is 29.8 Å². The minimum atomic E-state index is -0.0788. The lowest BCUT2D eigenvalue weighted by atomic mass is 10.1. The van der Waals surface area contributed by atoms with Crippen molar-refractivity contribution >= 4 is 0 Å². The number of rotatable bonds is 2. The first-order chi connectivity index (χ1) is 7.38. The highest BCUT2D eigenvalue weighted by Crippen LogP contribution is 2.51.